The molecule has 0 nitrogen and oxygen atoms in total. The third-order valence-corrected chi connectivity index (χ3v) is 8.87. The minimum Gasteiger partial charge on any atom is -0.206 e. The molecule has 4 unspecified atom stereocenters. The Morgan fingerprint density at radius 2 is 1.34 bits per heavy atom. The third kappa shape index (κ3) is 5.20. The van der Waals surface area contributed by atoms with Crippen molar-refractivity contribution in [1.82, 2.24) is 0 Å². The quantitative estimate of drug-likeness (QED) is 0.290. The first-order chi connectivity index (χ1) is 16.7. The number of fused-ring (bicyclic) bond motifs is 2. The van der Waals surface area contributed by atoms with Crippen LogP contribution in [0.25, 0.3) is 10.8 Å². The van der Waals surface area contributed by atoms with Gasteiger partial charge in [-0.1, -0.05) is 44.1 Å². The molecule has 0 heterocycles. The number of halogens is 6. The van der Waals surface area contributed by atoms with Crippen molar-refractivity contribution in [2.45, 2.75) is 82.7 Å². The highest BCUT2D eigenvalue weighted by molar-refractivity contribution is 5.86. The van der Waals surface area contributed by atoms with E-state index in [-0.39, 0.29) is 11.3 Å². The van der Waals surface area contributed by atoms with Gasteiger partial charge in [0, 0.05) is 5.92 Å². The maximum Gasteiger partial charge on any atom is 0.458 e. The van der Waals surface area contributed by atoms with Crippen molar-refractivity contribution >= 4 is 10.8 Å². The molecule has 2 aromatic rings. The lowest BCUT2D eigenvalue weighted by molar-refractivity contribution is -0.0696. The van der Waals surface area contributed by atoms with Gasteiger partial charge in [0.05, 0.1) is 10.9 Å². The van der Waals surface area contributed by atoms with Gasteiger partial charge in [-0.3, -0.25) is 0 Å². The molecule has 0 aliphatic heterocycles. The van der Waals surface area contributed by atoms with Crippen LogP contribution in [0.2, 0.25) is 0 Å². The molecule has 3 fully saturated rings. The lowest BCUT2D eigenvalue weighted by Gasteiger charge is -2.45. The largest absolute Gasteiger partial charge is 0.458 e. The lowest BCUT2D eigenvalue weighted by Crippen LogP contribution is -2.33. The summed E-state index contributed by atoms with van der Waals surface area (Å²) in [6.07, 6.45) is 8.67. The molecule has 0 saturated heterocycles. The Labute approximate surface area is 202 Å². The summed E-state index contributed by atoms with van der Waals surface area (Å²) in [5.74, 6) is 2.02. The van der Waals surface area contributed by atoms with E-state index >= 15 is 4.39 Å². The molecule has 188 valence electrons. The molecular formula is C29H30F6. The molecule has 0 radical (unpaired) electrons. The predicted molar refractivity (Wildman–Crippen MR) is 124 cm³/mol. The van der Waals surface area contributed by atoms with Gasteiger partial charge < -0.3 is 0 Å². The van der Waals surface area contributed by atoms with Crippen LogP contribution in [-0.2, 0) is 0 Å². The Balaban J connectivity index is 1.35. The molecule has 0 bridgehead atoms. The van der Waals surface area contributed by atoms with Crippen molar-refractivity contribution in [3.8, 4) is 11.8 Å². The average Bonchev–Trinajstić information content (AvgIpc) is 2.82. The van der Waals surface area contributed by atoms with E-state index in [0.717, 1.165) is 48.6 Å². The van der Waals surface area contributed by atoms with Crippen LogP contribution in [0, 0.1) is 53.0 Å². The lowest BCUT2D eigenvalue weighted by atomic mass is 9.61. The normalized spacial score (nSPS) is 27.8. The summed E-state index contributed by atoms with van der Waals surface area (Å²) in [6.45, 7) is 0. The van der Waals surface area contributed by atoms with Crippen LogP contribution < -0.4 is 0 Å². The summed E-state index contributed by atoms with van der Waals surface area (Å²) < 4.78 is 81.4. The highest BCUT2D eigenvalue weighted by Gasteiger charge is 2.38. The standard InChI is InChI=1S/C29H30F6/c30-25-16-23-14-22(15-26(31)27(23)28(32)24(25)10-11-29(33,34)35)21-9-8-19-12-18(6-7-20(19)13-21)17-4-2-1-3-5-17/h14-21H,1-9,12-13H2. The first kappa shape index (κ1) is 24.5. The minimum atomic E-state index is -4.90. The molecule has 35 heavy (non-hydrogen) atoms. The second-order valence-electron chi connectivity index (χ2n) is 10.9. The van der Waals surface area contributed by atoms with Crippen LogP contribution in [0.15, 0.2) is 18.2 Å². The van der Waals surface area contributed by atoms with E-state index in [9.17, 15) is 22.0 Å². The molecular weight excluding hydrogens is 462 g/mol. The SMILES string of the molecule is Fc1cc2cc(C3CCC4CC(C5CCCCC5)CCC4C3)cc(F)c2c(F)c1C#CC(F)(F)F. The molecule has 3 aliphatic carbocycles. The predicted octanol–water partition coefficient (Wildman–Crippen LogP) is 9.05. The van der Waals surface area contributed by atoms with Gasteiger partial charge in [0.15, 0.2) is 5.82 Å². The van der Waals surface area contributed by atoms with Gasteiger partial charge in [0.1, 0.15) is 11.6 Å². The number of hydrogen-bond acceptors (Lipinski definition) is 0. The topological polar surface area (TPSA) is 0 Å². The fourth-order valence-electron chi connectivity index (χ4n) is 7.18. The average molecular weight is 493 g/mol. The maximum absolute atomic E-state index is 15.0. The van der Waals surface area contributed by atoms with E-state index in [0.29, 0.717) is 11.8 Å². The monoisotopic (exact) mass is 492 g/mol. The summed E-state index contributed by atoms with van der Waals surface area (Å²) in [7, 11) is 0. The molecule has 5 rings (SSSR count). The summed E-state index contributed by atoms with van der Waals surface area (Å²) in [5, 5.41) is -0.487. The Bertz CT molecular complexity index is 1150. The molecule has 0 spiro atoms. The summed E-state index contributed by atoms with van der Waals surface area (Å²) in [5.41, 5.74) is -0.340. The van der Waals surface area contributed by atoms with Crippen molar-refractivity contribution in [1.29, 1.82) is 0 Å². The number of alkyl halides is 3. The molecule has 0 aromatic heterocycles. The highest BCUT2D eigenvalue weighted by Crippen LogP contribution is 2.50. The maximum atomic E-state index is 15.0. The molecule has 4 atom stereocenters. The molecule has 3 aliphatic rings. The van der Waals surface area contributed by atoms with Crippen LogP contribution in [0.1, 0.15) is 87.7 Å². The second-order valence-corrected chi connectivity index (χ2v) is 10.9. The first-order valence-corrected chi connectivity index (χ1v) is 12.9. The molecule has 0 N–H and O–H groups in total. The van der Waals surface area contributed by atoms with Gasteiger partial charge in [-0.2, -0.15) is 13.2 Å². The van der Waals surface area contributed by atoms with Crippen LogP contribution >= 0.6 is 0 Å². The Morgan fingerprint density at radius 3 is 2.06 bits per heavy atom. The molecule has 3 saturated carbocycles. The Morgan fingerprint density at radius 1 is 0.686 bits per heavy atom. The van der Waals surface area contributed by atoms with Gasteiger partial charge >= 0.3 is 6.18 Å². The Hall–Kier alpha value is -2.16. The highest BCUT2D eigenvalue weighted by atomic mass is 19.4. The van der Waals surface area contributed by atoms with E-state index in [1.165, 1.54) is 63.4 Å². The van der Waals surface area contributed by atoms with E-state index in [1.54, 1.807) is 6.07 Å². The zero-order valence-electron chi connectivity index (χ0n) is 19.7. The fourth-order valence-corrected chi connectivity index (χ4v) is 7.18. The van der Waals surface area contributed by atoms with E-state index < -0.39 is 34.6 Å². The zero-order chi connectivity index (χ0) is 24.7. The van der Waals surface area contributed by atoms with Crippen molar-refractivity contribution in [3.05, 3.63) is 46.8 Å². The third-order valence-electron chi connectivity index (χ3n) is 8.87. The molecule has 2 aromatic carbocycles. The zero-order valence-corrected chi connectivity index (χ0v) is 19.7. The summed E-state index contributed by atoms with van der Waals surface area (Å²) in [6, 6.07) is 3.78. The summed E-state index contributed by atoms with van der Waals surface area (Å²) in [4.78, 5) is 0. The van der Waals surface area contributed by atoms with E-state index in [4.69, 9.17) is 0 Å². The smallest absolute Gasteiger partial charge is 0.206 e. The van der Waals surface area contributed by atoms with Crippen molar-refractivity contribution in [3.63, 3.8) is 0 Å². The van der Waals surface area contributed by atoms with Gasteiger partial charge in [0.2, 0.25) is 0 Å². The first-order valence-electron chi connectivity index (χ1n) is 12.9. The number of rotatable bonds is 2. The van der Waals surface area contributed by atoms with Gasteiger partial charge in [0.25, 0.3) is 0 Å². The van der Waals surface area contributed by atoms with Crippen molar-refractivity contribution < 1.29 is 26.3 Å². The van der Waals surface area contributed by atoms with E-state index in [1.807, 2.05) is 0 Å². The number of benzene rings is 2. The van der Waals surface area contributed by atoms with Crippen LogP contribution in [-0.4, -0.2) is 6.18 Å². The summed E-state index contributed by atoms with van der Waals surface area (Å²) >= 11 is 0. The van der Waals surface area contributed by atoms with Crippen LogP contribution in [0.5, 0.6) is 0 Å². The van der Waals surface area contributed by atoms with Crippen LogP contribution in [0.4, 0.5) is 26.3 Å². The van der Waals surface area contributed by atoms with Gasteiger partial charge in [-0.05, 0) is 91.2 Å². The minimum absolute atomic E-state index is 0.0238. The van der Waals surface area contributed by atoms with Gasteiger partial charge in [-0.15, -0.1) is 0 Å². The van der Waals surface area contributed by atoms with Gasteiger partial charge in [-0.25, -0.2) is 13.2 Å². The van der Waals surface area contributed by atoms with Crippen LogP contribution in [0.3, 0.4) is 0 Å². The van der Waals surface area contributed by atoms with Crippen molar-refractivity contribution in [2.24, 2.45) is 23.7 Å². The fraction of sp³-hybridized carbons (Fsp3) is 0.586. The second kappa shape index (κ2) is 9.71. The Kier molecular flexibility index (Phi) is 6.81. The van der Waals surface area contributed by atoms with Crippen molar-refractivity contribution in [2.75, 3.05) is 0 Å². The molecule has 6 heteroatoms. The number of hydrogen-bond donors (Lipinski definition) is 0. The molecule has 0 amide bonds. The van der Waals surface area contributed by atoms with E-state index in [2.05, 4.69) is 0 Å².